The van der Waals surface area contributed by atoms with E-state index >= 15 is 0 Å². The van der Waals surface area contributed by atoms with Crippen LogP contribution in [0.25, 0.3) is 0 Å². The predicted octanol–water partition coefficient (Wildman–Crippen LogP) is 3.41. The normalized spacial score (nSPS) is 13.6. The first-order valence-corrected chi connectivity index (χ1v) is 7.27. The number of alkyl halides is 3. The van der Waals surface area contributed by atoms with E-state index in [1.165, 1.54) is 6.07 Å². The summed E-state index contributed by atoms with van der Waals surface area (Å²) in [4.78, 5) is 11.5. The lowest BCUT2D eigenvalue weighted by molar-refractivity contribution is -0.137. The monoisotopic (exact) mass is 332 g/mol. The second-order valence-electron chi connectivity index (χ2n) is 6.49. The molecule has 1 amide bonds. The third kappa shape index (κ3) is 6.90. The van der Waals surface area contributed by atoms with E-state index in [0.717, 1.165) is 17.7 Å². The van der Waals surface area contributed by atoms with E-state index in [-0.39, 0.29) is 6.54 Å². The van der Waals surface area contributed by atoms with Gasteiger partial charge in [-0.05, 0) is 57.4 Å². The van der Waals surface area contributed by atoms with Crippen molar-refractivity contribution >= 4 is 6.09 Å². The van der Waals surface area contributed by atoms with Gasteiger partial charge in [0.2, 0.25) is 0 Å². The van der Waals surface area contributed by atoms with E-state index in [2.05, 4.69) is 5.32 Å². The summed E-state index contributed by atoms with van der Waals surface area (Å²) in [5.74, 6) is 0. The Labute approximate surface area is 134 Å². The molecule has 0 aliphatic rings. The lowest BCUT2D eigenvalue weighted by Crippen LogP contribution is -2.41. The molecule has 0 aliphatic heterocycles. The summed E-state index contributed by atoms with van der Waals surface area (Å²) in [6.45, 7) is 7.03. The topological polar surface area (TPSA) is 64.3 Å². The molecule has 0 spiro atoms. The number of nitrogens with two attached hydrogens (primary N) is 1. The van der Waals surface area contributed by atoms with Gasteiger partial charge in [0, 0.05) is 12.6 Å². The van der Waals surface area contributed by atoms with Crippen molar-refractivity contribution in [3.63, 3.8) is 0 Å². The lowest BCUT2D eigenvalue weighted by Gasteiger charge is -2.21. The molecule has 4 nitrogen and oxygen atoms in total. The molecule has 1 atom stereocenters. The number of halogens is 3. The van der Waals surface area contributed by atoms with E-state index in [9.17, 15) is 18.0 Å². The van der Waals surface area contributed by atoms with Crippen LogP contribution < -0.4 is 11.1 Å². The molecule has 1 aromatic carbocycles. The summed E-state index contributed by atoms with van der Waals surface area (Å²) in [5.41, 5.74) is 5.88. The van der Waals surface area contributed by atoms with Crippen molar-refractivity contribution in [2.24, 2.45) is 5.73 Å². The van der Waals surface area contributed by atoms with E-state index < -0.39 is 29.5 Å². The molecule has 0 saturated heterocycles. The van der Waals surface area contributed by atoms with Crippen LogP contribution in [0.5, 0.6) is 0 Å². The van der Waals surface area contributed by atoms with Gasteiger partial charge in [-0.2, -0.15) is 13.2 Å². The minimum Gasteiger partial charge on any atom is -0.444 e. The second-order valence-corrected chi connectivity index (χ2v) is 6.49. The molecule has 0 saturated carbocycles. The predicted molar refractivity (Wildman–Crippen MR) is 82.1 cm³/mol. The van der Waals surface area contributed by atoms with Crippen LogP contribution in [-0.2, 0) is 17.3 Å². The molecule has 1 rings (SSSR count). The Morgan fingerprint density at radius 3 is 2.39 bits per heavy atom. The minimum atomic E-state index is -4.36. The van der Waals surface area contributed by atoms with E-state index in [1.54, 1.807) is 27.7 Å². The zero-order valence-electron chi connectivity index (χ0n) is 13.8. The molecule has 23 heavy (non-hydrogen) atoms. The Bertz CT molecular complexity index is 551. The van der Waals surface area contributed by atoms with Crippen LogP contribution in [0.4, 0.5) is 18.0 Å². The highest BCUT2D eigenvalue weighted by molar-refractivity contribution is 5.67. The van der Waals surface area contributed by atoms with Crippen LogP contribution in [0.1, 0.15) is 37.5 Å². The van der Waals surface area contributed by atoms with Gasteiger partial charge in [0.25, 0.3) is 0 Å². The lowest BCUT2D eigenvalue weighted by atomic mass is 9.99. The molecule has 130 valence electrons. The van der Waals surface area contributed by atoms with Gasteiger partial charge in [-0.15, -0.1) is 0 Å². The van der Waals surface area contributed by atoms with Crippen LogP contribution in [-0.4, -0.2) is 24.3 Å². The molecule has 3 N–H and O–H groups in total. The molecule has 0 bridgehead atoms. The number of aryl methyl sites for hydroxylation is 1. The zero-order valence-corrected chi connectivity index (χ0v) is 13.8. The quantitative estimate of drug-likeness (QED) is 0.888. The van der Waals surface area contributed by atoms with Crippen molar-refractivity contribution in [3.8, 4) is 0 Å². The number of hydrogen-bond acceptors (Lipinski definition) is 3. The Balaban J connectivity index is 2.58. The van der Waals surface area contributed by atoms with Crippen LogP contribution in [0.15, 0.2) is 18.2 Å². The summed E-state index contributed by atoms with van der Waals surface area (Å²) in [6, 6.07) is 3.14. The minimum absolute atomic E-state index is 0.176. The molecule has 7 heteroatoms. The number of benzene rings is 1. The fourth-order valence-electron chi connectivity index (χ4n) is 1.98. The molecule has 1 unspecified atom stereocenters. The first kappa shape index (κ1) is 19.3. The van der Waals surface area contributed by atoms with Gasteiger partial charge in [-0.3, -0.25) is 0 Å². The summed E-state index contributed by atoms with van der Waals surface area (Å²) >= 11 is 0. The summed E-state index contributed by atoms with van der Waals surface area (Å²) < 4.78 is 42.9. The van der Waals surface area contributed by atoms with Gasteiger partial charge in [-0.1, -0.05) is 6.07 Å². The molecule has 0 aliphatic carbocycles. The average molecular weight is 332 g/mol. The van der Waals surface area contributed by atoms with Gasteiger partial charge in [-0.25, -0.2) is 4.79 Å². The average Bonchev–Trinajstić information content (AvgIpc) is 2.35. The Hall–Kier alpha value is -1.76. The third-order valence-electron chi connectivity index (χ3n) is 3.06. The van der Waals surface area contributed by atoms with Crippen molar-refractivity contribution in [2.45, 2.75) is 51.9 Å². The zero-order chi connectivity index (χ0) is 17.8. The molecular weight excluding hydrogens is 309 g/mol. The van der Waals surface area contributed by atoms with Crippen molar-refractivity contribution in [3.05, 3.63) is 34.9 Å². The number of hydrogen-bond donors (Lipinski definition) is 2. The number of ether oxygens (including phenoxy) is 1. The van der Waals surface area contributed by atoms with Crippen molar-refractivity contribution in [2.75, 3.05) is 6.54 Å². The van der Waals surface area contributed by atoms with E-state index in [1.807, 2.05) is 0 Å². The van der Waals surface area contributed by atoms with E-state index in [4.69, 9.17) is 10.5 Å². The van der Waals surface area contributed by atoms with Gasteiger partial charge in [0.15, 0.2) is 0 Å². The number of carbonyl (C=O) groups excluding carboxylic acids is 1. The van der Waals surface area contributed by atoms with E-state index in [0.29, 0.717) is 12.0 Å². The largest absolute Gasteiger partial charge is 0.444 e. The third-order valence-corrected chi connectivity index (χ3v) is 3.06. The summed E-state index contributed by atoms with van der Waals surface area (Å²) in [7, 11) is 0. The van der Waals surface area contributed by atoms with Gasteiger partial charge < -0.3 is 15.8 Å². The Morgan fingerprint density at radius 2 is 1.91 bits per heavy atom. The maximum atomic E-state index is 12.6. The number of amides is 1. The molecule has 1 aromatic rings. The first-order chi connectivity index (χ1) is 10.4. The van der Waals surface area contributed by atoms with Crippen molar-refractivity contribution in [1.29, 1.82) is 0 Å². The standard InChI is InChI=1S/C16H23F3N2O2/c1-10-7-12(16(17,18)19)6-5-11(10)8-13(20)9-21-14(22)23-15(2,3)4/h5-7,13H,8-9,20H2,1-4H3,(H,21,22). The maximum absolute atomic E-state index is 12.6. The Kier molecular flexibility index (Phi) is 6.04. The highest BCUT2D eigenvalue weighted by Crippen LogP contribution is 2.30. The molecule has 0 aromatic heterocycles. The summed E-state index contributed by atoms with van der Waals surface area (Å²) in [5, 5.41) is 2.55. The van der Waals surface area contributed by atoms with Gasteiger partial charge in [0.1, 0.15) is 5.60 Å². The maximum Gasteiger partial charge on any atom is 0.416 e. The number of rotatable bonds is 4. The second kappa shape index (κ2) is 7.21. The van der Waals surface area contributed by atoms with Crippen LogP contribution >= 0.6 is 0 Å². The Morgan fingerprint density at radius 1 is 1.30 bits per heavy atom. The number of carbonyl (C=O) groups is 1. The van der Waals surface area contributed by atoms with Crippen LogP contribution in [0, 0.1) is 6.92 Å². The molecule has 0 fully saturated rings. The number of alkyl carbamates (subject to hydrolysis) is 1. The van der Waals surface area contributed by atoms with Crippen LogP contribution in [0.2, 0.25) is 0 Å². The fourth-order valence-corrected chi connectivity index (χ4v) is 1.98. The van der Waals surface area contributed by atoms with Crippen molar-refractivity contribution < 1.29 is 22.7 Å². The van der Waals surface area contributed by atoms with Crippen molar-refractivity contribution in [1.82, 2.24) is 5.32 Å². The van der Waals surface area contributed by atoms with Crippen LogP contribution in [0.3, 0.4) is 0 Å². The fraction of sp³-hybridized carbons (Fsp3) is 0.562. The molecular formula is C16H23F3N2O2. The van der Waals surface area contributed by atoms with Gasteiger partial charge >= 0.3 is 12.3 Å². The highest BCUT2D eigenvalue weighted by atomic mass is 19.4. The molecule has 0 heterocycles. The summed E-state index contributed by atoms with van der Waals surface area (Å²) in [6.07, 6.45) is -4.57. The molecule has 0 radical (unpaired) electrons. The SMILES string of the molecule is Cc1cc(C(F)(F)F)ccc1CC(N)CNC(=O)OC(C)(C)C. The first-order valence-electron chi connectivity index (χ1n) is 7.27. The van der Waals surface area contributed by atoms with Gasteiger partial charge in [0.05, 0.1) is 5.56 Å². The number of nitrogens with one attached hydrogen (secondary N) is 1. The highest BCUT2D eigenvalue weighted by Gasteiger charge is 2.30. The smallest absolute Gasteiger partial charge is 0.416 e.